The van der Waals surface area contributed by atoms with Gasteiger partial charge in [0.15, 0.2) is 28.9 Å². The summed E-state index contributed by atoms with van der Waals surface area (Å²) in [5, 5.41) is 12.5. The SMILES string of the molecule is O=C1c2c(O)c(=O)ccn2N([C@@H]2c3ccccc3SCc3c2ccc(F)c3F)CC12CCC2. The second kappa shape index (κ2) is 7.18. The molecule has 6 rings (SSSR count). The number of halogens is 2. The lowest BCUT2D eigenvalue weighted by Gasteiger charge is -2.51. The molecule has 5 nitrogen and oxygen atoms in total. The van der Waals surface area contributed by atoms with Gasteiger partial charge in [-0.2, -0.15) is 0 Å². The minimum absolute atomic E-state index is 0.0352. The van der Waals surface area contributed by atoms with Crippen molar-refractivity contribution in [1.82, 2.24) is 4.68 Å². The Kier molecular flexibility index (Phi) is 4.46. The highest BCUT2D eigenvalue weighted by molar-refractivity contribution is 7.98. The number of ketones is 1. The maximum absolute atomic E-state index is 15.0. The van der Waals surface area contributed by atoms with Gasteiger partial charge in [0.1, 0.15) is 0 Å². The number of carbonyl (C=O) groups excluding carboxylic acids is 1. The van der Waals surface area contributed by atoms with Crippen molar-refractivity contribution in [1.29, 1.82) is 0 Å². The second-order valence-corrected chi connectivity index (χ2v) is 9.96. The van der Waals surface area contributed by atoms with Gasteiger partial charge in [-0.15, -0.1) is 11.8 Å². The topological polar surface area (TPSA) is 62.5 Å². The molecule has 1 spiro atoms. The molecular weight excluding hydrogens is 446 g/mol. The normalized spacial score (nSPS) is 20.5. The maximum atomic E-state index is 15.0. The van der Waals surface area contributed by atoms with Crippen LogP contribution in [0, 0.1) is 17.0 Å². The Morgan fingerprint density at radius 3 is 2.58 bits per heavy atom. The van der Waals surface area contributed by atoms with Crippen molar-refractivity contribution in [2.75, 3.05) is 11.6 Å². The van der Waals surface area contributed by atoms with E-state index in [-0.39, 0.29) is 22.8 Å². The highest BCUT2D eigenvalue weighted by Crippen LogP contribution is 2.50. The third-order valence-corrected chi connectivity index (χ3v) is 8.33. The highest BCUT2D eigenvalue weighted by Gasteiger charge is 2.52. The molecule has 0 unspecified atom stereocenters. The molecule has 1 N–H and O–H groups in total. The monoisotopic (exact) mass is 466 g/mol. The van der Waals surface area contributed by atoms with Crippen LogP contribution in [-0.4, -0.2) is 22.1 Å². The van der Waals surface area contributed by atoms with Crippen molar-refractivity contribution in [3.8, 4) is 5.75 Å². The van der Waals surface area contributed by atoms with E-state index in [0.717, 1.165) is 22.9 Å². The van der Waals surface area contributed by atoms with E-state index >= 15 is 0 Å². The molecule has 3 heterocycles. The van der Waals surface area contributed by atoms with Crippen LogP contribution >= 0.6 is 11.8 Å². The molecule has 1 atom stereocenters. The smallest absolute Gasteiger partial charge is 0.224 e. The zero-order chi connectivity index (χ0) is 22.9. The van der Waals surface area contributed by atoms with E-state index in [4.69, 9.17) is 0 Å². The minimum Gasteiger partial charge on any atom is -0.503 e. The van der Waals surface area contributed by atoms with Gasteiger partial charge >= 0.3 is 0 Å². The van der Waals surface area contributed by atoms with Crippen LogP contribution in [0.5, 0.6) is 5.75 Å². The molecule has 1 saturated carbocycles. The summed E-state index contributed by atoms with van der Waals surface area (Å²) >= 11 is 1.44. The lowest BCUT2D eigenvalue weighted by molar-refractivity contribution is 0.0537. The average molecular weight is 467 g/mol. The summed E-state index contributed by atoms with van der Waals surface area (Å²) in [4.78, 5) is 26.6. The molecule has 2 aromatic carbocycles. The Morgan fingerprint density at radius 2 is 1.82 bits per heavy atom. The summed E-state index contributed by atoms with van der Waals surface area (Å²) in [5.41, 5.74) is 0.439. The number of fused-ring (bicyclic) bond motifs is 3. The molecule has 3 aromatic rings. The third-order valence-electron chi connectivity index (χ3n) is 7.21. The van der Waals surface area contributed by atoms with E-state index in [9.17, 15) is 23.5 Å². The molecule has 0 amide bonds. The molecule has 8 heteroatoms. The zero-order valence-corrected chi connectivity index (χ0v) is 18.4. The first kappa shape index (κ1) is 20.5. The first-order valence-electron chi connectivity index (χ1n) is 10.9. The molecular formula is C25H20F2N2O3S. The van der Waals surface area contributed by atoms with Gasteiger partial charge in [-0.25, -0.2) is 8.78 Å². The maximum Gasteiger partial charge on any atom is 0.224 e. The Morgan fingerprint density at radius 1 is 1.03 bits per heavy atom. The fourth-order valence-corrected chi connectivity index (χ4v) is 6.46. The van der Waals surface area contributed by atoms with Gasteiger partial charge in [-0.1, -0.05) is 30.7 Å². The summed E-state index contributed by atoms with van der Waals surface area (Å²) < 4.78 is 30.7. The van der Waals surface area contributed by atoms with Crippen molar-refractivity contribution >= 4 is 17.5 Å². The zero-order valence-electron chi connectivity index (χ0n) is 17.6. The minimum atomic E-state index is -0.898. The Labute approximate surface area is 192 Å². The van der Waals surface area contributed by atoms with Crippen molar-refractivity contribution < 1.29 is 18.7 Å². The van der Waals surface area contributed by atoms with Crippen LogP contribution in [0.3, 0.4) is 0 Å². The van der Waals surface area contributed by atoms with Crippen molar-refractivity contribution in [2.45, 2.75) is 36.0 Å². The Bertz CT molecular complexity index is 1380. The van der Waals surface area contributed by atoms with Gasteiger partial charge in [0.05, 0.1) is 11.5 Å². The number of hydrogen-bond acceptors (Lipinski definition) is 5. The van der Waals surface area contributed by atoms with Crippen LogP contribution in [-0.2, 0) is 5.75 Å². The number of nitrogens with zero attached hydrogens (tertiary/aromatic N) is 2. The van der Waals surface area contributed by atoms with Gasteiger partial charge in [0.2, 0.25) is 5.43 Å². The quantitative estimate of drug-likeness (QED) is 0.571. The first-order chi connectivity index (χ1) is 15.9. The van der Waals surface area contributed by atoms with E-state index < -0.39 is 34.3 Å². The first-order valence-corrected chi connectivity index (χ1v) is 11.8. The molecule has 2 aliphatic heterocycles. The second-order valence-electron chi connectivity index (χ2n) is 8.94. The summed E-state index contributed by atoms with van der Waals surface area (Å²) in [6, 6.07) is 11.1. The van der Waals surface area contributed by atoms with Crippen LogP contribution in [0.1, 0.15) is 52.5 Å². The van der Waals surface area contributed by atoms with Crippen LogP contribution in [0.25, 0.3) is 0 Å². The third kappa shape index (κ3) is 2.83. The van der Waals surface area contributed by atoms with Gasteiger partial charge in [-0.05, 0) is 36.1 Å². The molecule has 1 aliphatic carbocycles. The van der Waals surface area contributed by atoms with E-state index in [1.807, 2.05) is 29.3 Å². The van der Waals surface area contributed by atoms with E-state index in [2.05, 4.69) is 0 Å². The lowest BCUT2D eigenvalue weighted by Crippen LogP contribution is -2.58. The average Bonchev–Trinajstić information content (AvgIpc) is 2.95. The molecule has 33 heavy (non-hydrogen) atoms. The molecule has 1 aromatic heterocycles. The van der Waals surface area contributed by atoms with Gasteiger partial charge in [-0.3, -0.25) is 19.3 Å². The predicted molar refractivity (Wildman–Crippen MR) is 120 cm³/mol. The van der Waals surface area contributed by atoms with Gasteiger partial charge in [0, 0.05) is 35.0 Å². The standard InChI is InChI=1S/C25H20F2N2O3S/c26-17-7-6-14-16(20(17)27)12-33-19-5-2-1-4-15(19)21(14)29-13-25(9-3-10-25)24(32)22-23(31)18(30)8-11-28(22)29/h1-2,4-8,11,21,31H,3,9-10,12-13H2/t21-/m0/s1. The number of carbonyl (C=O) groups is 1. The Balaban J connectivity index is 1.65. The van der Waals surface area contributed by atoms with Gasteiger partial charge in [0.25, 0.3) is 0 Å². The van der Waals surface area contributed by atoms with E-state index in [0.29, 0.717) is 24.9 Å². The number of pyridine rings is 1. The molecule has 3 aliphatic rings. The Hall–Kier alpha value is -3.13. The van der Waals surface area contributed by atoms with Crippen LogP contribution < -0.4 is 10.4 Å². The molecule has 0 saturated heterocycles. The summed E-state index contributed by atoms with van der Waals surface area (Å²) in [6.45, 7) is 0.350. The lowest BCUT2D eigenvalue weighted by atomic mass is 9.64. The van der Waals surface area contributed by atoms with Crippen LogP contribution in [0.15, 0.2) is 58.4 Å². The van der Waals surface area contributed by atoms with Crippen LogP contribution in [0.2, 0.25) is 0 Å². The van der Waals surface area contributed by atoms with Crippen LogP contribution in [0.4, 0.5) is 8.78 Å². The molecule has 1 fully saturated rings. The number of rotatable bonds is 1. The molecule has 0 bridgehead atoms. The summed E-state index contributed by atoms with van der Waals surface area (Å²) in [5.74, 6) is -2.30. The van der Waals surface area contributed by atoms with Crippen molar-refractivity contribution in [3.05, 3.63) is 92.9 Å². The fraction of sp³-hybridized carbons (Fsp3) is 0.280. The fourth-order valence-electron chi connectivity index (χ4n) is 5.34. The predicted octanol–water partition coefficient (Wildman–Crippen LogP) is 4.53. The van der Waals surface area contributed by atoms with Gasteiger partial charge < -0.3 is 5.11 Å². The number of aromatic hydroxyl groups is 1. The highest BCUT2D eigenvalue weighted by atomic mass is 32.2. The number of thioether (sulfide) groups is 1. The van der Waals surface area contributed by atoms with Crippen molar-refractivity contribution in [2.24, 2.45) is 5.41 Å². The van der Waals surface area contributed by atoms with E-state index in [1.165, 1.54) is 28.7 Å². The number of benzene rings is 2. The van der Waals surface area contributed by atoms with Crippen molar-refractivity contribution in [3.63, 3.8) is 0 Å². The van der Waals surface area contributed by atoms with E-state index in [1.54, 1.807) is 6.07 Å². The molecule has 168 valence electrons. The largest absolute Gasteiger partial charge is 0.503 e. The molecule has 0 radical (unpaired) electrons. The summed E-state index contributed by atoms with van der Waals surface area (Å²) in [6.07, 6.45) is 3.67. The number of hydrogen-bond donors (Lipinski definition) is 1. The number of Topliss-reactive ketones (excluding diaryl/α,β-unsaturated/α-hetero) is 1. The number of aromatic nitrogens is 1. The summed E-state index contributed by atoms with van der Waals surface area (Å²) in [7, 11) is 0.